The van der Waals surface area contributed by atoms with Crippen LogP contribution in [0, 0.1) is 5.92 Å². The quantitative estimate of drug-likeness (QED) is 0.527. The maximum atomic E-state index is 11.5. The molecule has 0 aliphatic carbocycles. The Labute approximate surface area is 113 Å². The van der Waals surface area contributed by atoms with Crippen LogP contribution in [0.1, 0.15) is 71.6 Å². The van der Waals surface area contributed by atoms with Gasteiger partial charge in [0.1, 0.15) is 0 Å². The molecule has 3 heteroatoms. The summed E-state index contributed by atoms with van der Waals surface area (Å²) < 4.78 is 0. The van der Waals surface area contributed by atoms with Crippen molar-refractivity contribution in [3.63, 3.8) is 0 Å². The van der Waals surface area contributed by atoms with Gasteiger partial charge in [-0.1, -0.05) is 46.0 Å². The van der Waals surface area contributed by atoms with Gasteiger partial charge in [-0.05, 0) is 31.7 Å². The van der Waals surface area contributed by atoms with Crippen molar-refractivity contribution in [3.8, 4) is 0 Å². The third-order valence-corrected chi connectivity index (χ3v) is 3.14. The number of unbranched alkanes of at least 4 members (excludes halogenated alkanes) is 5. The Hall–Kier alpha value is -0.570. The van der Waals surface area contributed by atoms with E-state index < -0.39 is 0 Å². The van der Waals surface area contributed by atoms with Gasteiger partial charge >= 0.3 is 0 Å². The number of nitrogens with two attached hydrogens (primary N) is 1. The predicted molar refractivity (Wildman–Crippen MR) is 78.5 cm³/mol. The van der Waals surface area contributed by atoms with Crippen LogP contribution in [-0.4, -0.2) is 19.0 Å². The summed E-state index contributed by atoms with van der Waals surface area (Å²) in [5.41, 5.74) is 5.42. The SMILES string of the molecule is CC(C)CCCCCC(=O)NCCCCCCN. The van der Waals surface area contributed by atoms with E-state index in [0.29, 0.717) is 6.42 Å². The van der Waals surface area contributed by atoms with Gasteiger partial charge in [-0.15, -0.1) is 0 Å². The summed E-state index contributed by atoms with van der Waals surface area (Å²) in [6.45, 7) is 6.10. The highest BCUT2D eigenvalue weighted by atomic mass is 16.1. The number of nitrogens with one attached hydrogen (secondary N) is 1. The van der Waals surface area contributed by atoms with Crippen molar-refractivity contribution in [1.29, 1.82) is 0 Å². The van der Waals surface area contributed by atoms with Gasteiger partial charge < -0.3 is 11.1 Å². The average Bonchev–Trinajstić information content (AvgIpc) is 2.33. The lowest BCUT2D eigenvalue weighted by molar-refractivity contribution is -0.121. The van der Waals surface area contributed by atoms with Crippen LogP contribution in [0.3, 0.4) is 0 Å². The number of amides is 1. The van der Waals surface area contributed by atoms with E-state index >= 15 is 0 Å². The van der Waals surface area contributed by atoms with Crippen molar-refractivity contribution in [1.82, 2.24) is 5.32 Å². The Bertz CT molecular complexity index is 193. The van der Waals surface area contributed by atoms with Gasteiger partial charge in [0, 0.05) is 13.0 Å². The van der Waals surface area contributed by atoms with E-state index in [4.69, 9.17) is 5.73 Å². The minimum Gasteiger partial charge on any atom is -0.356 e. The molecule has 0 heterocycles. The fourth-order valence-electron chi connectivity index (χ4n) is 1.95. The molecule has 0 saturated heterocycles. The summed E-state index contributed by atoms with van der Waals surface area (Å²) in [6, 6.07) is 0. The van der Waals surface area contributed by atoms with Gasteiger partial charge in [-0.3, -0.25) is 4.79 Å². The average molecular weight is 256 g/mol. The van der Waals surface area contributed by atoms with E-state index in [1.807, 2.05) is 0 Å². The monoisotopic (exact) mass is 256 g/mol. The Morgan fingerprint density at radius 3 is 2.33 bits per heavy atom. The van der Waals surface area contributed by atoms with E-state index in [9.17, 15) is 4.79 Å². The van der Waals surface area contributed by atoms with Crippen LogP contribution < -0.4 is 11.1 Å². The summed E-state index contributed by atoms with van der Waals surface area (Å²) in [5, 5.41) is 2.99. The lowest BCUT2D eigenvalue weighted by Crippen LogP contribution is -2.24. The van der Waals surface area contributed by atoms with E-state index in [1.165, 1.54) is 32.1 Å². The standard InChI is InChI=1S/C15H32N2O/c1-14(2)10-6-5-7-11-15(18)17-13-9-4-3-8-12-16/h14H,3-13,16H2,1-2H3,(H,17,18). The largest absolute Gasteiger partial charge is 0.356 e. The second kappa shape index (κ2) is 12.9. The van der Waals surface area contributed by atoms with Gasteiger partial charge in [0.15, 0.2) is 0 Å². The van der Waals surface area contributed by atoms with Crippen molar-refractivity contribution in [3.05, 3.63) is 0 Å². The normalized spacial score (nSPS) is 10.9. The molecule has 0 atom stereocenters. The molecule has 3 nitrogen and oxygen atoms in total. The van der Waals surface area contributed by atoms with E-state index in [-0.39, 0.29) is 5.91 Å². The molecule has 0 aliphatic heterocycles. The molecule has 0 fully saturated rings. The summed E-state index contributed by atoms with van der Waals surface area (Å²) >= 11 is 0. The second-order valence-corrected chi connectivity index (χ2v) is 5.55. The molecule has 0 unspecified atom stereocenters. The topological polar surface area (TPSA) is 55.1 Å². The number of hydrogen-bond acceptors (Lipinski definition) is 2. The Kier molecular flexibility index (Phi) is 12.5. The molecule has 108 valence electrons. The molecule has 0 bridgehead atoms. The summed E-state index contributed by atoms with van der Waals surface area (Å²) in [7, 11) is 0. The molecule has 18 heavy (non-hydrogen) atoms. The molecule has 0 aliphatic rings. The number of carbonyl (C=O) groups is 1. The van der Waals surface area contributed by atoms with Crippen LogP contribution >= 0.6 is 0 Å². The first kappa shape index (κ1) is 17.4. The van der Waals surface area contributed by atoms with Crippen molar-refractivity contribution in [2.24, 2.45) is 11.7 Å². The van der Waals surface area contributed by atoms with Crippen molar-refractivity contribution in [2.75, 3.05) is 13.1 Å². The molecule has 0 rings (SSSR count). The third-order valence-electron chi connectivity index (χ3n) is 3.14. The predicted octanol–water partition coefficient (Wildman–Crippen LogP) is 3.23. The summed E-state index contributed by atoms with van der Waals surface area (Å²) in [5.74, 6) is 1.01. The molecular weight excluding hydrogens is 224 g/mol. The molecular formula is C15H32N2O. The van der Waals surface area contributed by atoms with Crippen LogP contribution in [0.2, 0.25) is 0 Å². The highest BCUT2D eigenvalue weighted by Crippen LogP contribution is 2.09. The fourth-order valence-corrected chi connectivity index (χ4v) is 1.95. The first-order valence-electron chi connectivity index (χ1n) is 7.63. The van der Waals surface area contributed by atoms with Crippen LogP contribution in [0.4, 0.5) is 0 Å². The fraction of sp³-hybridized carbons (Fsp3) is 0.933. The van der Waals surface area contributed by atoms with Gasteiger partial charge in [-0.25, -0.2) is 0 Å². The summed E-state index contributed by atoms with van der Waals surface area (Å²) in [6.07, 6.45) is 9.98. The molecule has 3 N–H and O–H groups in total. The molecule has 0 radical (unpaired) electrons. The van der Waals surface area contributed by atoms with Crippen molar-refractivity contribution in [2.45, 2.75) is 71.6 Å². The third kappa shape index (κ3) is 13.5. The molecule has 0 aromatic carbocycles. The van der Waals surface area contributed by atoms with Crippen LogP contribution in [0.5, 0.6) is 0 Å². The van der Waals surface area contributed by atoms with Gasteiger partial charge in [0.05, 0.1) is 0 Å². The Morgan fingerprint density at radius 1 is 1.00 bits per heavy atom. The van der Waals surface area contributed by atoms with E-state index in [0.717, 1.165) is 38.3 Å². The summed E-state index contributed by atoms with van der Waals surface area (Å²) in [4.78, 5) is 11.5. The van der Waals surface area contributed by atoms with Gasteiger partial charge in [0.25, 0.3) is 0 Å². The van der Waals surface area contributed by atoms with E-state index in [1.54, 1.807) is 0 Å². The first-order valence-corrected chi connectivity index (χ1v) is 7.63. The van der Waals surface area contributed by atoms with Gasteiger partial charge in [-0.2, -0.15) is 0 Å². The van der Waals surface area contributed by atoms with Crippen molar-refractivity contribution < 1.29 is 4.79 Å². The highest BCUT2D eigenvalue weighted by molar-refractivity contribution is 5.75. The van der Waals surface area contributed by atoms with Crippen LogP contribution in [-0.2, 0) is 4.79 Å². The van der Waals surface area contributed by atoms with E-state index in [2.05, 4.69) is 19.2 Å². The maximum Gasteiger partial charge on any atom is 0.219 e. The molecule has 0 spiro atoms. The van der Waals surface area contributed by atoms with Crippen LogP contribution in [0.15, 0.2) is 0 Å². The Morgan fingerprint density at radius 2 is 1.67 bits per heavy atom. The lowest BCUT2D eigenvalue weighted by Gasteiger charge is -2.06. The second-order valence-electron chi connectivity index (χ2n) is 5.55. The maximum absolute atomic E-state index is 11.5. The lowest BCUT2D eigenvalue weighted by atomic mass is 10.0. The number of carbonyl (C=O) groups excluding carboxylic acids is 1. The number of rotatable bonds is 12. The zero-order chi connectivity index (χ0) is 13.6. The zero-order valence-corrected chi connectivity index (χ0v) is 12.3. The minimum atomic E-state index is 0.221. The molecule has 0 saturated carbocycles. The molecule has 0 aromatic rings. The molecule has 0 aromatic heterocycles. The Balaban J connectivity index is 3.17. The highest BCUT2D eigenvalue weighted by Gasteiger charge is 2.00. The minimum absolute atomic E-state index is 0.221. The first-order chi connectivity index (χ1) is 8.66. The van der Waals surface area contributed by atoms with Gasteiger partial charge in [0.2, 0.25) is 5.91 Å². The zero-order valence-electron chi connectivity index (χ0n) is 12.3. The number of hydrogen-bond donors (Lipinski definition) is 2. The smallest absolute Gasteiger partial charge is 0.219 e. The van der Waals surface area contributed by atoms with Crippen LogP contribution in [0.25, 0.3) is 0 Å². The van der Waals surface area contributed by atoms with Crippen molar-refractivity contribution >= 4 is 5.91 Å². The molecule has 1 amide bonds.